The van der Waals surface area contributed by atoms with Gasteiger partial charge in [0.2, 0.25) is 0 Å². The molecule has 3 N–H and O–H groups in total. The smallest absolute Gasteiger partial charge is 0.148 e. The van der Waals surface area contributed by atoms with Crippen molar-refractivity contribution in [2.75, 3.05) is 16.8 Å². The van der Waals surface area contributed by atoms with Gasteiger partial charge in [0.15, 0.2) is 0 Å². The van der Waals surface area contributed by atoms with Crippen LogP contribution in [0.3, 0.4) is 0 Å². The number of nitrogens with one attached hydrogen (secondary N) is 1. The molecule has 0 radical (unpaired) electrons. The van der Waals surface area contributed by atoms with E-state index >= 15 is 0 Å². The lowest BCUT2D eigenvalue weighted by Crippen LogP contribution is -2.23. The Morgan fingerprint density at radius 3 is 2.87 bits per heavy atom. The number of fused-ring (bicyclic) bond motifs is 1. The van der Waals surface area contributed by atoms with Gasteiger partial charge >= 0.3 is 0 Å². The van der Waals surface area contributed by atoms with Gasteiger partial charge in [-0.05, 0) is 18.6 Å². The summed E-state index contributed by atoms with van der Waals surface area (Å²) in [4.78, 5) is 1.78. The molecular formula is C15H15F2N5S. The maximum atomic E-state index is 14.2. The zero-order chi connectivity index (χ0) is 16.0. The summed E-state index contributed by atoms with van der Waals surface area (Å²) >= 11 is 1.22. The number of nitrogens with zero attached hydrogens (tertiary/aromatic N) is 3. The average Bonchev–Trinajstić information content (AvgIpc) is 3.10. The maximum Gasteiger partial charge on any atom is 0.148 e. The summed E-state index contributed by atoms with van der Waals surface area (Å²) in [5, 5.41) is 7.56. The number of aromatic nitrogens is 2. The van der Waals surface area contributed by atoms with Gasteiger partial charge in [-0.15, -0.1) is 0 Å². The molecule has 3 heterocycles. The van der Waals surface area contributed by atoms with Crippen molar-refractivity contribution < 1.29 is 8.78 Å². The van der Waals surface area contributed by atoms with Gasteiger partial charge in [-0.3, -0.25) is 0 Å². The summed E-state index contributed by atoms with van der Waals surface area (Å²) in [6, 6.07) is 3.88. The van der Waals surface area contributed by atoms with Gasteiger partial charge in [-0.25, -0.2) is 13.5 Å². The summed E-state index contributed by atoms with van der Waals surface area (Å²) in [6.07, 6.45) is 4.40. The molecule has 2 aliphatic heterocycles. The molecule has 120 valence electrons. The molecule has 1 aromatic heterocycles. The minimum atomic E-state index is -0.589. The van der Waals surface area contributed by atoms with Crippen LogP contribution in [0.2, 0.25) is 0 Å². The van der Waals surface area contributed by atoms with Crippen LogP contribution in [-0.4, -0.2) is 16.3 Å². The van der Waals surface area contributed by atoms with Crippen molar-refractivity contribution in [3.8, 4) is 0 Å². The fourth-order valence-electron chi connectivity index (χ4n) is 2.91. The number of nitrogens with two attached hydrogens (primary N) is 1. The number of rotatable bonds is 2. The lowest BCUT2D eigenvalue weighted by Gasteiger charge is -2.26. The molecule has 0 saturated heterocycles. The third kappa shape index (κ3) is 2.33. The topological polar surface area (TPSA) is 59.1 Å². The van der Waals surface area contributed by atoms with Gasteiger partial charge in [-0.1, -0.05) is 17.8 Å². The minimum Gasteiger partial charge on any atom is -0.392 e. The molecule has 0 fully saturated rings. The molecule has 2 aromatic rings. The van der Waals surface area contributed by atoms with E-state index in [4.69, 9.17) is 5.73 Å². The third-order valence-electron chi connectivity index (χ3n) is 3.95. The van der Waals surface area contributed by atoms with Gasteiger partial charge in [0, 0.05) is 19.3 Å². The number of aryl methyl sites for hydroxylation is 1. The van der Waals surface area contributed by atoms with Crippen molar-refractivity contribution in [3.63, 3.8) is 0 Å². The summed E-state index contributed by atoms with van der Waals surface area (Å²) in [5.74, 6) is -0.307. The lowest BCUT2D eigenvalue weighted by molar-refractivity contribution is 0.553. The molecular weight excluding hydrogens is 320 g/mol. The van der Waals surface area contributed by atoms with E-state index in [0.29, 0.717) is 5.03 Å². The Balaban J connectivity index is 1.79. The number of anilines is 2. The van der Waals surface area contributed by atoms with Crippen LogP contribution in [0, 0.1) is 11.6 Å². The molecule has 4 rings (SSSR count). The average molecular weight is 335 g/mol. The molecule has 1 aromatic carbocycles. The first-order valence-corrected chi connectivity index (χ1v) is 8.19. The van der Waals surface area contributed by atoms with Crippen molar-refractivity contribution in [2.24, 2.45) is 5.73 Å². The molecule has 1 atom stereocenters. The van der Waals surface area contributed by atoms with Gasteiger partial charge in [-0.2, -0.15) is 5.10 Å². The molecule has 0 spiro atoms. The number of hydrogen-bond acceptors (Lipinski definition) is 5. The van der Waals surface area contributed by atoms with E-state index in [-0.39, 0.29) is 5.56 Å². The van der Waals surface area contributed by atoms with Crippen molar-refractivity contribution in [1.29, 1.82) is 0 Å². The second-order valence-corrected chi connectivity index (χ2v) is 6.58. The van der Waals surface area contributed by atoms with E-state index in [1.807, 2.05) is 4.68 Å². The molecule has 5 nitrogen and oxygen atoms in total. The highest BCUT2D eigenvalue weighted by Crippen LogP contribution is 2.47. The number of hydrogen-bond donors (Lipinski definition) is 2. The molecule has 1 unspecified atom stereocenters. The second kappa shape index (κ2) is 5.45. The second-order valence-electron chi connectivity index (χ2n) is 5.43. The predicted molar refractivity (Wildman–Crippen MR) is 86.8 cm³/mol. The first-order chi connectivity index (χ1) is 11.1. The zero-order valence-corrected chi connectivity index (χ0v) is 13.0. The minimum absolute atomic E-state index is 0.00459. The summed E-state index contributed by atoms with van der Waals surface area (Å²) in [6.45, 7) is 1.67. The van der Waals surface area contributed by atoms with E-state index in [2.05, 4.69) is 10.4 Å². The van der Waals surface area contributed by atoms with Crippen molar-refractivity contribution in [1.82, 2.24) is 9.78 Å². The molecule has 0 bridgehead atoms. The normalized spacial score (nSPS) is 20.2. The molecule has 0 saturated carbocycles. The highest BCUT2D eigenvalue weighted by Gasteiger charge is 2.34. The standard InChI is InChI=1S/C15H15F2N5S/c16-9-3-1-4-10(17)13(9)15-21(8-12(18)23-15)11-7-20-22-6-2-5-19-14(11)22/h1,3-4,7-8,15,19H,2,5-6,18H2. The van der Waals surface area contributed by atoms with E-state index in [9.17, 15) is 8.78 Å². The largest absolute Gasteiger partial charge is 0.392 e. The molecule has 0 aliphatic carbocycles. The van der Waals surface area contributed by atoms with Crippen LogP contribution < -0.4 is 16.0 Å². The Morgan fingerprint density at radius 1 is 1.30 bits per heavy atom. The lowest BCUT2D eigenvalue weighted by atomic mass is 10.1. The molecule has 0 amide bonds. The monoisotopic (exact) mass is 335 g/mol. The quantitative estimate of drug-likeness (QED) is 0.883. The summed E-state index contributed by atoms with van der Waals surface area (Å²) < 4.78 is 30.3. The van der Waals surface area contributed by atoms with Crippen LogP contribution in [0.25, 0.3) is 0 Å². The van der Waals surface area contributed by atoms with Gasteiger partial charge in [0.25, 0.3) is 0 Å². The maximum absolute atomic E-state index is 14.2. The van der Waals surface area contributed by atoms with Crippen LogP contribution in [-0.2, 0) is 6.54 Å². The first-order valence-electron chi connectivity index (χ1n) is 7.31. The molecule has 23 heavy (non-hydrogen) atoms. The van der Waals surface area contributed by atoms with Crippen molar-refractivity contribution >= 4 is 23.3 Å². The highest BCUT2D eigenvalue weighted by atomic mass is 32.2. The fourth-order valence-corrected chi connectivity index (χ4v) is 3.98. The van der Waals surface area contributed by atoms with Crippen molar-refractivity contribution in [2.45, 2.75) is 18.3 Å². The van der Waals surface area contributed by atoms with Gasteiger partial charge in [0.1, 0.15) is 28.5 Å². The van der Waals surface area contributed by atoms with Crippen molar-refractivity contribution in [3.05, 3.63) is 52.8 Å². The van der Waals surface area contributed by atoms with E-state index in [0.717, 1.165) is 31.0 Å². The van der Waals surface area contributed by atoms with Gasteiger partial charge in [0.05, 0.1) is 16.8 Å². The van der Waals surface area contributed by atoms with E-state index in [1.54, 1.807) is 17.3 Å². The molecule has 2 aliphatic rings. The Labute approximate surface area is 136 Å². The van der Waals surface area contributed by atoms with Crippen LogP contribution in [0.1, 0.15) is 17.4 Å². The van der Waals surface area contributed by atoms with Crippen LogP contribution >= 0.6 is 11.8 Å². The number of thioether (sulfide) groups is 1. The Kier molecular flexibility index (Phi) is 3.41. The van der Waals surface area contributed by atoms with Crippen LogP contribution in [0.15, 0.2) is 35.6 Å². The number of benzene rings is 1. The Morgan fingerprint density at radius 2 is 2.09 bits per heavy atom. The van der Waals surface area contributed by atoms with E-state index in [1.165, 1.54) is 30.0 Å². The zero-order valence-electron chi connectivity index (χ0n) is 12.2. The first kappa shape index (κ1) is 14.4. The Bertz CT molecular complexity index is 768. The summed E-state index contributed by atoms with van der Waals surface area (Å²) in [7, 11) is 0. The fraction of sp³-hybridized carbons (Fsp3) is 0.267. The Hall–Kier alpha value is -2.22. The third-order valence-corrected chi connectivity index (χ3v) is 5.01. The van der Waals surface area contributed by atoms with E-state index < -0.39 is 17.0 Å². The predicted octanol–water partition coefficient (Wildman–Crippen LogP) is 2.99. The molecule has 8 heteroatoms. The van der Waals surface area contributed by atoms with Gasteiger partial charge < -0.3 is 16.0 Å². The van der Waals surface area contributed by atoms with Crippen LogP contribution in [0.5, 0.6) is 0 Å². The summed E-state index contributed by atoms with van der Waals surface area (Å²) in [5.41, 5.74) is 6.70. The highest BCUT2D eigenvalue weighted by molar-refractivity contribution is 8.03. The van der Waals surface area contributed by atoms with Crippen LogP contribution in [0.4, 0.5) is 20.3 Å². The number of halogens is 2. The SMILES string of the molecule is NC1=CN(c2cnn3c2NCCC3)C(c2c(F)cccc2F)S1.